The van der Waals surface area contributed by atoms with E-state index in [1.54, 1.807) is 7.11 Å². The van der Waals surface area contributed by atoms with Gasteiger partial charge in [-0.25, -0.2) is 4.99 Å². The molecule has 25 heavy (non-hydrogen) atoms. The van der Waals surface area contributed by atoms with Gasteiger partial charge >= 0.3 is 0 Å². The topological polar surface area (TPSA) is 68.9 Å². The highest BCUT2D eigenvalue weighted by molar-refractivity contribution is 5.92. The molecular weight excluding hydrogens is 314 g/mol. The summed E-state index contributed by atoms with van der Waals surface area (Å²) < 4.78 is 11.1. The zero-order chi connectivity index (χ0) is 17.5. The number of anilines is 1. The van der Waals surface area contributed by atoms with Crippen molar-refractivity contribution in [2.75, 3.05) is 19.0 Å². The fourth-order valence-corrected chi connectivity index (χ4v) is 2.54. The van der Waals surface area contributed by atoms with E-state index < -0.39 is 0 Å². The van der Waals surface area contributed by atoms with Crippen LogP contribution in [0.1, 0.15) is 24.0 Å². The molecule has 0 amide bonds. The molecule has 5 heteroatoms. The maximum Gasteiger partial charge on any atom is 0.193 e. The van der Waals surface area contributed by atoms with Gasteiger partial charge in [-0.3, -0.25) is 0 Å². The summed E-state index contributed by atoms with van der Waals surface area (Å²) in [7, 11) is 1.67. The Kier molecular flexibility index (Phi) is 5.90. The fraction of sp³-hybridized carbons (Fsp3) is 0.350. The van der Waals surface area contributed by atoms with Gasteiger partial charge in [-0.1, -0.05) is 36.4 Å². The van der Waals surface area contributed by atoms with Gasteiger partial charge in [-0.05, 0) is 30.9 Å². The number of guanidine groups is 1. The maximum atomic E-state index is 6.06. The monoisotopic (exact) mass is 339 g/mol. The summed E-state index contributed by atoms with van der Waals surface area (Å²) in [4.78, 5) is 4.46. The molecule has 2 aromatic carbocycles. The Labute approximate surface area is 148 Å². The van der Waals surface area contributed by atoms with Crippen LogP contribution in [0.25, 0.3) is 0 Å². The lowest BCUT2D eigenvalue weighted by molar-refractivity contribution is 0.185. The summed E-state index contributed by atoms with van der Waals surface area (Å²) in [5.74, 6) is 1.99. The lowest BCUT2D eigenvalue weighted by Gasteiger charge is -2.12. The Morgan fingerprint density at radius 1 is 1.12 bits per heavy atom. The Bertz CT molecular complexity index is 726. The van der Waals surface area contributed by atoms with Crippen LogP contribution in [0, 0.1) is 5.92 Å². The highest BCUT2D eigenvalue weighted by Crippen LogP contribution is 2.30. The minimum absolute atomic E-state index is 0.376. The largest absolute Gasteiger partial charge is 0.493 e. The first-order chi connectivity index (χ1) is 12.3. The van der Waals surface area contributed by atoms with E-state index in [1.165, 1.54) is 12.8 Å². The zero-order valence-electron chi connectivity index (χ0n) is 14.6. The van der Waals surface area contributed by atoms with E-state index in [2.05, 4.69) is 10.3 Å². The molecule has 5 nitrogen and oxygen atoms in total. The summed E-state index contributed by atoms with van der Waals surface area (Å²) in [6.07, 6.45) is 2.55. The molecule has 0 heterocycles. The van der Waals surface area contributed by atoms with E-state index in [4.69, 9.17) is 15.2 Å². The van der Waals surface area contributed by atoms with Crippen LogP contribution in [0.15, 0.2) is 53.5 Å². The van der Waals surface area contributed by atoms with E-state index in [0.29, 0.717) is 19.1 Å². The average molecular weight is 339 g/mol. The number of nitrogens with zero attached hydrogens (tertiary/aromatic N) is 1. The van der Waals surface area contributed by atoms with Crippen molar-refractivity contribution in [2.24, 2.45) is 16.6 Å². The van der Waals surface area contributed by atoms with E-state index in [-0.39, 0.29) is 0 Å². The van der Waals surface area contributed by atoms with Gasteiger partial charge in [-0.15, -0.1) is 0 Å². The Balaban J connectivity index is 1.63. The second-order valence-corrected chi connectivity index (χ2v) is 6.28. The van der Waals surface area contributed by atoms with E-state index in [1.807, 2.05) is 48.5 Å². The molecule has 3 N–H and O–H groups in total. The van der Waals surface area contributed by atoms with E-state index in [9.17, 15) is 0 Å². The summed E-state index contributed by atoms with van der Waals surface area (Å²) in [6.45, 7) is 1.79. The first-order valence-electron chi connectivity index (χ1n) is 8.60. The van der Waals surface area contributed by atoms with Crippen molar-refractivity contribution in [2.45, 2.75) is 26.0 Å². The van der Waals surface area contributed by atoms with Gasteiger partial charge in [0.05, 0.1) is 19.8 Å². The fourth-order valence-electron chi connectivity index (χ4n) is 2.54. The molecule has 0 radical (unpaired) electrons. The molecule has 0 atom stereocenters. The van der Waals surface area contributed by atoms with Crippen molar-refractivity contribution in [1.82, 2.24) is 0 Å². The number of nitrogens with one attached hydrogen (secondary N) is 1. The van der Waals surface area contributed by atoms with Crippen molar-refractivity contribution in [3.8, 4) is 5.75 Å². The molecule has 3 rings (SSSR count). The molecule has 0 unspecified atom stereocenters. The smallest absolute Gasteiger partial charge is 0.193 e. The van der Waals surface area contributed by atoms with Crippen LogP contribution < -0.4 is 15.8 Å². The number of benzene rings is 2. The highest BCUT2D eigenvalue weighted by atomic mass is 16.5. The minimum atomic E-state index is 0.376. The number of hydrogen-bond acceptors (Lipinski definition) is 3. The van der Waals surface area contributed by atoms with Gasteiger partial charge in [0.15, 0.2) is 5.96 Å². The van der Waals surface area contributed by atoms with Crippen LogP contribution in [0.2, 0.25) is 0 Å². The first kappa shape index (κ1) is 17.3. The molecule has 0 saturated heterocycles. The van der Waals surface area contributed by atoms with E-state index in [0.717, 1.165) is 35.1 Å². The molecule has 0 spiro atoms. The summed E-state index contributed by atoms with van der Waals surface area (Å²) >= 11 is 0. The Hall–Kier alpha value is -2.53. The van der Waals surface area contributed by atoms with Crippen molar-refractivity contribution < 1.29 is 9.47 Å². The zero-order valence-corrected chi connectivity index (χ0v) is 14.6. The molecule has 1 aliphatic carbocycles. The van der Waals surface area contributed by atoms with Gasteiger partial charge in [0, 0.05) is 23.9 Å². The molecule has 2 aromatic rings. The lowest BCUT2D eigenvalue weighted by atomic mass is 10.2. The van der Waals surface area contributed by atoms with Crippen LogP contribution >= 0.6 is 0 Å². The SMILES string of the molecule is COCc1ccccc1NC(N)=NCc1ccccc1OCC1CC1. The Morgan fingerprint density at radius 3 is 2.60 bits per heavy atom. The predicted molar refractivity (Wildman–Crippen MR) is 101 cm³/mol. The van der Waals surface area contributed by atoms with Gasteiger partial charge < -0.3 is 20.5 Å². The third-order valence-corrected chi connectivity index (χ3v) is 4.14. The minimum Gasteiger partial charge on any atom is -0.493 e. The number of para-hydroxylation sites is 2. The van der Waals surface area contributed by atoms with Gasteiger partial charge in [0.25, 0.3) is 0 Å². The van der Waals surface area contributed by atoms with Crippen molar-refractivity contribution >= 4 is 11.6 Å². The third kappa shape index (κ3) is 5.22. The first-order valence-corrected chi connectivity index (χ1v) is 8.60. The second kappa shape index (κ2) is 8.53. The van der Waals surface area contributed by atoms with Gasteiger partial charge in [0.1, 0.15) is 5.75 Å². The van der Waals surface area contributed by atoms with Crippen molar-refractivity contribution in [1.29, 1.82) is 0 Å². The quantitative estimate of drug-likeness (QED) is 0.570. The highest BCUT2D eigenvalue weighted by Gasteiger charge is 2.22. The van der Waals surface area contributed by atoms with Crippen LogP contribution in [0.4, 0.5) is 5.69 Å². The molecule has 1 fully saturated rings. The summed E-state index contributed by atoms with van der Waals surface area (Å²) in [5, 5.41) is 3.15. The van der Waals surface area contributed by atoms with Crippen molar-refractivity contribution in [3.05, 3.63) is 59.7 Å². The molecule has 0 aromatic heterocycles. The summed E-state index contributed by atoms with van der Waals surface area (Å²) in [6, 6.07) is 15.9. The van der Waals surface area contributed by atoms with Crippen LogP contribution in [0.3, 0.4) is 0 Å². The van der Waals surface area contributed by atoms with Crippen molar-refractivity contribution in [3.63, 3.8) is 0 Å². The molecule has 132 valence electrons. The molecule has 1 saturated carbocycles. The molecule has 0 aliphatic heterocycles. The number of rotatable bonds is 8. The number of ether oxygens (including phenoxy) is 2. The summed E-state index contributed by atoms with van der Waals surface area (Å²) in [5.41, 5.74) is 9.04. The normalized spacial score (nSPS) is 14.4. The molecular formula is C20H25N3O2. The van der Waals surface area contributed by atoms with Crippen LogP contribution in [-0.2, 0) is 17.9 Å². The van der Waals surface area contributed by atoms with Gasteiger partial charge in [0.2, 0.25) is 0 Å². The van der Waals surface area contributed by atoms with Crippen LogP contribution in [0.5, 0.6) is 5.75 Å². The second-order valence-electron chi connectivity index (χ2n) is 6.28. The molecule has 1 aliphatic rings. The predicted octanol–water partition coefficient (Wildman–Crippen LogP) is 3.55. The van der Waals surface area contributed by atoms with E-state index >= 15 is 0 Å². The molecule has 0 bridgehead atoms. The lowest BCUT2D eigenvalue weighted by Crippen LogP contribution is -2.23. The maximum absolute atomic E-state index is 6.06. The Morgan fingerprint density at radius 2 is 1.84 bits per heavy atom. The average Bonchev–Trinajstić information content (AvgIpc) is 3.45. The number of nitrogens with two attached hydrogens (primary N) is 1. The number of methoxy groups -OCH3 is 1. The number of hydrogen-bond donors (Lipinski definition) is 2. The van der Waals surface area contributed by atoms with Crippen LogP contribution in [-0.4, -0.2) is 19.7 Å². The number of aliphatic imine (C=N–C) groups is 1. The standard InChI is InChI=1S/C20H25N3O2/c1-24-14-17-7-2-4-8-18(17)23-20(21)22-12-16-6-3-5-9-19(16)25-13-15-10-11-15/h2-9,15H,10-14H2,1H3,(H3,21,22,23). The van der Waals surface area contributed by atoms with Gasteiger partial charge in [-0.2, -0.15) is 0 Å². The third-order valence-electron chi connectivity index (χ3n) is 4.14.